The number of aromatic nitrogens is 1. The zero-order valence-corrected chi connectivity index (χ0v) is 15.2. The van der Waals surface area contributed by atoms with Crippen LogP contribution in [-0.2, 0) is 9.59 Å². The minimum absolute atomic E-state index is 0.0905. The Labute approximate surface area is 157 Å². The Morgan fingerprint density at radius 2 is 2.00 bits per heavy atom. The highest BCUT2D eigenvalue weighted by Crippen LogP contribution is 2.19. The van der Waals surface area contributed by atoms with E-state index in [1.54, 1.807) is 18.2 Å². The molecule has 142 valence electrons. The lowest BCUT2D eigenvalue weighted by atomic mass is 9.97. The van der Waals surface area contributed by atoms with Crippen LogP contribution in [0.15, 0.2) is 42.5 Å². The van der Waals surface area contributed by atoms with E-state index < -0.39 is 5.82 Å². The van der Waals surface area contributed by atoms with Crippen molar-refractivity contribution in [1.29, 1.82) is 0 Å². The molecule has 2 N–H and O–H groups in total. The lowest BCUT2D eigenvalue weighted by Gasteiger charge is -2.31. The lowest BCUT2D eigenvalue weighted by molar-refractivity contribution is -0.123. The number of hydrogen-bond donors (Lipinski definition) is 2. The number of carbonyl (C=O) groups is 2. The second kappa shape index (κ2) is 8.73. The molecule has 0 radical (unpaired) electrons. The topological polar surface area (TPSA) is 74.3 Å². The Balaban J connectivity index is 1.53. The van der Waals surface area contributed by atoms with Crippen LogP contribution >= 0.6 is 0 Å². The van der Waals surface area contributed by atoms with Crippen molar-refractivity contribution in [3.63, 3.8) is 0 Å². The number of piperidine rings is 1. The van der Waals surface area contributed by atoms with Crippen LogP contribution in [0.25, 0.3) is 0 Å². The van der Waals surface area contributed by atoms with Crippen molar-refractivity contribution in [2.45, 2.75) is 19.8 Å². The second-order valence-electron chi connectivity index (χ2n) is 6.76. The Kier molecular flexibility index (Phi) is 6.13. The molecule has 2 aromatic rings. The van der Waals surface area contributed by atoms with Crippen LogP contribution in [0.4, 0.5) is 15.9 Å². The first kappa shape index (κ1) is 19.0. The maximum absolute atomic E-state index is 13.6. The third kappa shape index (κ3) is 5.34. The third-order valence-corrected chi connectivity index (χ3v) is 4.53. The van der Waals surface area contributed by atoms with Crippen molar-refractivity contribution in [2.75, 3.05) is 30.3 Å². The molecule has 1 unspecified atom stereocenters. The average molecular weight is 370 g/mol. The van der Waals surface area contributed by atoms with Gasteiger partial charge >= 0.3 is 0 Å². The van der Waals surface area contributed by atoms with E-state index in [4.69, 9.17) is 0 Å². The second-order valence-corrected chi connectivity index (χ2v) is 6.76. The Morgan fingerprint density at radius 1 is 1.19 bits per heavy atom. The molecule has 1 aromatic carbocycles. The van der Waals surface area contributed by atoms with Crippen molar-refractivity contribution in [2.24, 2.45) is 5.92 Å². The van der Waals surface area contributed by atoms with Gasteiger partial charge in [0.2, 0.25) is 11.8 Å². The first-order chi connectivity index (χ1) is 13.0. The van der Waals surface area contributed by atoms with Crippen LogP contribution in [0.3, 0.4) is 0 Å². The summed E-state index contributed by atoms with van der Waals surface area (Å²) in [6.07, 6.45) is 1.59. The number of rotatable bonds is 5. The molecule has 27 heavy (non-hydrogen) atoms. The smallest absolute Gasteiger partial charge is 0.238 e. The van der Waals surface area contributed by atoms with Gasteiger partial charge in [0.25, 0.3) is 0 Å². The maximum Gasteiger partial charge on any atom is 0.238 e. The minimum atomic E-state index is -0.465. The molecule has 7 heteroatoms. The van der Waals surface area contributed by atoms with E-state index in [1.165, 1.54) is 12.1 Å². The molecule has 1 aliphatic rings. The van der Waals surface area contributed by atoms with Crippen LogP contribution < -0.4 is 10.6 Å². The molecule has 1 atom stereocenters. The van der Waals surface area contributed by atoms with E-state index in [9.17, 15) is 14.0 Å². The average Bonchev–Trinajstić information content (AvgIpc) is 2.64. The molecule has 2 heterocycles. The van der Waals surface area contributed by atoms with Gasteiger partial charge in [-0.2, -0.15) is 0 Å². The van der Waals surface area contributed by atoms with E-state index in [0.717, 1.165) is 25.1 Å². The number of anilines is 2. The number of para-hydroxylation sites is 1. The van der Waals surface area contributed by atoms with E-state index in [2.05, 4.69) is 15.6 Å². The number of likely N-dealkylation sites (tertiary alicyclic amines) is 1. The minimum Gasteiger partial charge on any atom is -0.322 e. The quantitative estimate of drug-likeness (QED) is 0.849. The molecule has 1 fully saturated rings. The Bertz CT molecular complexity index is 827. The number of benzene rings is 1. The molecule has 2 amide bonds. The summed E-state index contributed by atoms with van der Waals surface area (Å²) in [4.78, 5) is 30.9. The Morgan fingerprint density at radius 3 is 2.78 bits per heavy atom. The number of halogens is 1. The standard InChI is InChI=1S/C20H23FN4O2/c1-14-6-4-10-18(22-14)24-20(27)15-7-5-11-25(12-15)13-19(26)23-17-9-3-2-8-16(17)21/h2-4,6,8-10,15H,5,7,11-13H2,1H3,(H,23,26)(H,22,24,27). The molecule has 1 saturated heterocycles. The van der Waals surface area contributed by atoms with Gasteiger partial charge in [-0.3, -0.25) is 14.5 Å². The highest BCUT2D eigenvalue weighted by Gasteiger charge is 2.27. The summed E-state index contributed by atoms with van der Waals surface area (Å²) in [5.41, 5.74) is 1.00. The monoisotopic (exact) mass is 370 g/mol. The van der Waals surface area contributed by atoms with Gasteiger partial charge in [0.1, 0.15) is 11.6 Å². The molecular formula is C20H23FN4O2. The van der Waals surface area contributed by atoms with E-state index in [-0.39, 0.29) is 30.0 Å². The van der Waals surface area contributed by atoms with Gasteiger partial charge in [-0.1, -0.05) is 18.2 Å². The molecule has 6 nitrogen and oxygen atoms in total. The fraction of sp³-hybridized carbons (Fsp3) is 0.350. The van der Waals surface area contributed by atoms with Crippen LogP contribution in [0, 0.1) is 18.7 Å². The molecule has 1 aromatic heterocycles. The summed E-state index contributed by atoms with van der Waals surface area (Å²) in [5, 5.41) is 5.43. The number of pyridine rings is 1. The number of amides is 2. The van der Waals surface area contributed by atoms with E-state index in [1.807, 2.05) is 24.0 Å². The number of hydrogen-bond acceptors (Lipinski definition) is 4. The van der Waals surface area contributed by atoms with Gasteiger partial charge in [0, 0.05) is 12.2 Å². The van der Waals surface area contributed by atoms with E-state index >= 15 is 0 Å². The van der Waals surface area contributed by atoms with Gasteiger partial charge in [-0.15, -0.1) is 0 Å². The van der Waals surface area contributed by atoms with Crippen LogP contribution in [0.5, 0.6) is 0 Å². The molecule has 0 bridgehead atoms. The van der Waals surface area contributed by atoms with Crippen molar-refractivity contribution in [1.82, 2.24) is 9.88 Å². The summed E-state index contributed by atoms with van der Waals surface area (Å²) < 4.78 is 13.6. The summed E-state index contributed by atoms with van der Waals surface area (Å²) in [6.45, 7) is 3.21. The zero-order chi connectivity index (χ0) is 19.2. The summed E-state index contributed by atoms with van der Waals surface area (Å²) in [6, 6.07) is 11.5. The Hall–Kier alpha value is -2.80. The number of carbonyl (C=O) groups excluding carboxylic acids is 2. The van der Waals surface area contributed by atoms with Gasteiger partial charge in [-0.05, 0) is 50.6 Å². The first-order valence-corrected chi connectivity index (χ1v) is 9.02. The zero-order valence-electron chi connectivity index (χ0n) is 15.2. The third-order valence-electron chi connectivity index (χ3n) is 4.53. The molecular weight excluding hydrogens is 347 g/mol. The fourth-order valence-corrected chi connectivity index (χ4v) is 3.21. The highest BCUT2D eigenvalue weighted by atomic mass is 19.1. The van der Waals surface area contributed by atoms with Crippen molar-refractivity contribution < 1.29 is 14.0 Å². The lowest BCUT2D eigenvalue weighted by Crippen LogP contribution is -2.44. The fourth-order valence-electron chi connectivity index (χ4n) is 3.21. The van der Waals surface area contributed by atoms with Gasteiger partial charge in [-0.25, -0.2) is 9.37 Å². The van der Waals surface area contributed by atoms with Gasteiger partial charge in [0.15, 0.2) is 0 Å². The number of nitrogens with zero attached hydrogens (tertiary/aromatic N) is 2. The largest absolute Gasteiger partial charge is 0.322 e. The predicted octanol–water partition coefficient (Wildman–Crippen LogP) is 2.82. The predicted molar refractivity (Wildman–Crippen MR) is 102 cm³/mol. The summed E-state index contributed by atoms with van der Waals surface area (Å²) in [5.74, 6) is -0.516. The molecule has 3 rings (SSSR count). The highest BCUT2D eigenvalue weighted by molar-refractivity contribution is 5.93. The summed E-state index contributed by atoms with van der Waals surface area (Å²) >= 11 is 0. The number of nitrogens with one attached hydrogen (secondary N) is 2. The molecule has 1 aliphatic heterocycles. The van der Waals surface area contributed by atoms with Crippen LogP contribution in [0.2, 0.25) is 0 Å². The van der Waals surface area contributed by atoms with Crippen molar-refractivity contribution in [3.8, 4) is 0 Å². The van der Waals surface area contributed by atoms with Crippen LogP contribution in [-0.4, -0.2) is 41.3 Å². The van der Waals surface area contributed by atoms with Gasteiger partial charge < -0.3 is 10.6 Å². The number of aryl methyl sites for hydroxylation is 1. The van der Waals surface area contributed by atoms with Crippen LogP contribution in [0.1, 0.15) is 18.5 Å². The maximum atomic E-state index is 13.6. The van der Waals surface area contributed by atoms with Crippen molar-refractivity contribution >= 4 is 23.3 Å². The normalized spacial score (nSPS) is 17.3. The summed E-state index contributed by atoms with van der Waals surface area (Å²) in [7, 11) is 0. The molecule has 0 saturated carbocycles. The SMILES string of the molecule is Cc1cccc(NC(=O)C2CCCN(CC(=O)Nc3ccccc3F)C2)n1. The molecule has 0 aliphatic carbocycles. The van der Waals surface area contributed by atoms with Crippen molar-refractivity contribution in [3.05, 3.63) is 54.0 Å². The van der Waals surface area contributed by atoms with E-state index in [0.29, 0.717) is 12.4 Å². The first-order valence-electron chi connectivity index (χ1n) is 9.02. The van der Waals surface area contributed by atoms with Gasteiger partial charge in [0.05, 0.1) is 18.2 Å². The molecule has 0 spiro atoms.